The smallest absolute Gasteiger partial charge is 0.223 e. The number of carbonyl (C=O) groups excluding carboxylic acids is 1. The summed E-state index contributed by atoms with van der Waals surface area (Å²) in [5.41, 5.74) is 1.000. The highest BCUT2D eigenvalue weighted by molar-refractivity contribution is 7.13. The Kier molecular flexibility index (Phi) is 5.69. The maximum atomic E-state index is 11.0. The number of aromatic nitrogens is 1. The minimum absolute atomic E-state index is 0.0868. The molecule has 1 amide bonds. The maximum absolute atomic E-state index is 11.0. The number of hydrogen-bond acceptors (Lipinski definition) is 6. The van der Waals surface area contributed by atoms with Gasteiger partial charge in [-0.1, -0.05) is 0 Å². The van der Waals surface area contributed by atoms with Gasteiger partial charge >= 0.3 is 0 Å². The number of nitrogens with one attached hydrogen (secondary N) is 1. The molecular weight excluding hydrogens is 288 g/mol. The maximum Gasteiger partial charge on any atom is 0.223 e. The van der Waals surface area contributed by atoms with Gasteiger partial charge < -0.3 is 10.4 Å². The van der Waals surface area contributed by atoms with Crippen molar-refractivity contribution in [2.75, 3.05) is 31.5 Å². The van der Waals surface area contributed by atoms with Gasteiger partial charge in [0.05, 0.1) is 11.8 Å². The van der Waals surface area contributed by atoms with Crippen LogP contribution in [0.25, 0.3) is 0 Å². The molecule has 0 spiro atoms. The third kappa shape index (κ3) is 5.03. The van der Waals surface area contributed by atoms with Gasteiger partial charge in [-0.25, -0.2) is 4.98 Å². The van der Waals surface area contributed by atoms with E-state index in [9.17, 15) is 9.90 Å². The van der Waals surface area contributed by atoms with Crippen molar-refractivity contribution in [3.05, 3.63) is 11.1 Å². The molecule has 118 valence electrons. The molecule has 0 radical (unpaired) electrons. The van der Waals surface area contributed by atoms with Crippen LogP contribution < -0.4 is 5.32 Å². The number of aliphatic hydroxyl groups is 1. The van der Waals surface area contributed by atoms with Crippen LogP contribution in [-0.2, 0) is 11.3 Å². The van der Waals surface area contributed by atoms with Crippen LogP contribution in [0.3, 0.4) is 0 Å². The Bertz CT molecular complexity index is 477. The van der Waals surface area contributed by atoms with Crippen molar-refractivity contribution in [3.8, 4) is 0 Å². The number of aliphatic hydroxyl groups excluding tert-OH is 1. The second kappa shape index (κ2) is 7.31. The lowest BCUT2D eigenvalue weighted by atomic mass is 10.1. The molecule has 2 N–H and O–H groups in total. The summed E-state index contributed by atoms with van der Waals surface area (Å²) >= 11 is 1.46. The Morgan fingerprint density at radius 2 is 2.38 bits per heavy atom. The fourth-order valence-electron chi connectivity index (χ4n) is 2.64. The fourth-order valence-corrected chi connectivity index (χ4v) is 3.39. The topological polar surface area (TPSA) is 68.7 Å². The molecule has 1 aromatic rings. The normalized spacial score (nSPS) is 22.2. The van der Waals surface area contributed by atoms with Crippen molar-refractivity contribution in [1.82, 2.24) is 14.8 Å². The summed E-state index contributed by atoms with van der Waals surface area (Å²) in [5.74, 6) is -0.0868. The molecule has 6 nitrogen and oxygen atoms in total. The van der Waals surface area contributed by atoms with Crippen LogP contribution in [0.1, 0.15) is 26.5 Å². The second-order valence-corrected chi connectivity index (χ2v) is 6.61. The van der Waals surface area contributed by atoms with Crippen LogP contribution >= 0.6 is 11.3 Å². The van der Waals surface area contributed by atoms with E-state index in [0.29, 0.717) is 11.2 Å². The third-order valence-electron chi connectivity index (χ3n) is 3.57. The predicted molar refractivity (Wildman–Crippen MR) is 84.4 cm³/mol. The largest absolute Gasteiger partial charge is 0.392 e. The number of thiazole rings is 1. The van der Waals surface area contributed by atoms with Gasteiger partial charge in [-0.3, -0.25) is 14.6 Å². The van der Waals surface area contributed by atoms with Gasteiger partial charge in [-0.2, -0.15) is 0 Å². The molecule has 2 rings (SSSR count). The van der Waals surface area contributed by atoms with E-state index >= 15 is 0 Å². The molecule has 2 heterocycles. The molecule has 2 atom stereocenters. The van der Waals surface area contributed by atoms with Gasteiger partial charge in [0.25, 0.3) is 0 Å². The van der Waals surface area contributed by atoms with Crippen molar-refractivity contribution >= 4 is 22.4 Å². The summed E-state index contributed by atoms with van der Waals surface area (Å²) in [4.78, 5) is 20.1. The van der Waals surface area contributed by atoms with E-state index in [4.69, 9.17) is 0 Å². The van der Waals surface area contributed by atoms with Gasteiger partial charge in [0, 0.05) is 51.1 Å². The van der Waals surface area contributed by atoms with E-state index in [0.717, 1.165) is 38.4 Å². The Hall–Kier alpha value is -1.02. The minimum Gasteiger partial charge on any atom is -0.392 e. The molecule has 1 saturated heterocycles. The number of β-amino-alcohol motifs (C(OH)–C–C–N with tert-alkyl or cyclic N) is 1. The summed E-state index contributed by atoms with van der Waals surface area (Å²) in [6.45, 7) is 9.97. The van der Waals surface area contributed by atoms with Crippen LogP contribution in [0.15, 0.2) is 5.38 Å². The number of carbonyl (C=O) groups is 1. The molecule has 0 bridgehead atoms. The van der Waals surface area contributed by atoms with E-state index in [-0.39, 0.29) is 12.0 Å². The van der Waals surface area contributed by atoms with Gasteiger partial charge in [0.1, 0.15) is 0 Å². The summed E-state index contributed by atoms with van der Waals surface area (Å²) < 4.78 is 0. The van der Waals surface area contributed by atoms with E-state index in [1.165, 1.54) is 18.3 Å². The summed E-state index contributed by atoms with van der Waals surface area (Å²) in [5, 5.41) is 14.9. The predicted octanol–water partition coefficient (Wildman–Crippen LogP) is 0.988. The number of piperazine rings is 1. The van der Waals surface area contributed by atoms with Gasteiger partial charge in [-0.05, 0) is 13.8 Å². The Balaban J connectivity index is 1.84. The molecule has 1 aromatic heterocycles. The summed E-state index contributed by atoms with van der Waals surface area (Å²) in [7, 11) is 0. The molecular formula is C14H24N4O2S. The Morgan fingerprint density at radius 3 is 3.00 bits per heavy atom. The van der Waals surface area contributed by atoms with Crippen molar-refractivity contribution in [1.29, 1.82) is 0 Å². The molecule has 7 heteroatoms. The Morgan fingerprint density at radius 1 is 1.62 bits per heavy atom. The minimum atomic E-state index is -0.280. The van der Waals surface area contributed by atoms with Crippen molar-refractivity contribution in [3.63, 3.8) is 0 Å². The monoisotopic (exact) mass is 312 g/mol. The van der Waals surface area contributed by atoms with E-state index < -0.39 is 0 Å². The molecule has 1 fully saturated rings. The molecule has 21 heavy (non-hydrogen) atoms. The zero-order chi connectivity index (χ0) is 15.4. The fraction of sp³-hybridized carbons (Fsp3) is 0.714. The molecule has 1 aliphatic rings. The van der Waals surface area contributed by atoms with Crippen molar-refractivity contribution in [2.45, 2.75) is 39.5 Å². The van der Waals surface area contributed by atoms with Crippen LogP contribution in [0.4, 0.5) is 5.13 Å². The summed E-state index contributed by atoms with van der Waals surface area (Å²) in [6.07, 6.45) is -0.280. The van der Waals surface area contributed by atoms with E-state index in [2.05, 4.69) is 27.0 Å². The molecule has 0 aromatic carbocycles. The zero-order valence-electron chi connectivity index (χ0n) is 12.9. The average molecular weight is 312 g/mol. The van der Waals surface area contributed by atoms with E-state index in [1.54, 1.807) is 0 Å². The Labute approximate surface area is 129 Å². The number of amides is 1. The highest BCUT2D eigenvalue weighted by Crippen LogP contribution is 2.18. The van der Waals surface area contributed by atoms with Crippen molar-refractivity contribution < 1.29 is 9.90 Å². The number of nitrogens with zero attached hydrogens (tertiary/aromatic N) is 3. The molecule has 0 saturated carbocycles. The van der Waals surface area contributed by atoms with Crippen LogP contribution in [0.5, 0.6) is 0 Å². The molecule has 0 unspecified atom stereocenters. The van der Waals surface area contributed by atoms with Gasteiger partial charge in [0.15, 0.2) is 5.13 Å². The van der Waals surface area contributed by atoms with Gasteiger partial charge in [0.2, 0.25) is 5.91 Å². The standard InChI is InChI=1S/C14H24N4O2S/c1-10-6-17(4-5-18(10)7-11(2)19)8-13-9-21-14(16-13)15-12(3)20/h9-11,19H,4-8H2,1-3H3,(H,15,16,20)/t10-,11-/m0/s1. The average Bonchev–Trinajstić information content (AvgIpc) is 2.78. The number of anilines is 1. The number of rotatable bonds is 5. The highest BCUT2D eigenvalue weighted by atomic mass is 32.1. The first-order valence-electron chi connectivity index (χ1n) is 7.30. The van der Waals surface area contributed by atoms with Crippen LogP contribution in [0, 0.1) is 0 Å². The second-order valence-electron chi connectivity index (χ2n) is 5.75. The van der Waals surface area contributed by atoms with Crippen LogP contribution in [-0.4, -0.2) is 64.1 Å². The highest BCUT2D eigenvalue weighted by Gasteiger charge is 2.24. The molecule has 1 aliphatic heterocycles. The van der Waals surface area contributed by atoms with Gasteiger partial charge in [-0.15, -0.1) is 11.3 Å². The first-order valence-corrected chi connectivity index (χ1v) is 8.18. The lowest BCUT2D eigenvalue weighted by molar-refractivity contribution is -0.114. The molecule has 0 aliphatic carbocycles. The first kappa shape index (κ1) is 16.4. The third-order valence-corrected chi connectivity index (χ3v) is 4.37. The lowest BCUT2D eigenvalue weighted by Gasteiger charge is -2.40. The summed E-state index contributed by atoms with van der Waals surface area (Å²) in [6, 6.07) is 0.432. The quantitative estimate of drug-likeness (QED) is 0.848. The lowest BCUT2D eigenvalue weighted by Crippen LogP contribution is -2.53. The first-order chi connectivity index (χ1) is 9.94. The van der Waals surface area contributed by atoms with Crippen LogP contribution in [0.2, 0.25) is 0 Å². The van der Waals surface area contributed by atoms with Crippen molar-refractivity contribution in [2.24, 2.45) is 0 Å². The SMILES string of the molecule is CC(=O)Nc1nc(CN2CCN(C[C@H](C)O)[C@@H](C)C2)cs1. The van der Waals surface area contributed by atoms with E-state index in [1.807, 2.05) is 12.3 Å². The zero-order valence-corrected chi connectivity index (χ0v) is 13.7. The number of hydrogen-bond donors (Lipinski definition) is 2.